The molecule has 4 aromatic rings. The van der Waals surface area contributed by atoms with Crippen molar-refractivity contribution in [3.05, 3.63) is 48.2 Å². The summed E-state index contributed by atoms with van der Waals surface area (Å²) in [4.78, 5) is 13.1. The Morgan fingerprint density at radius 2 is 2.07 bits per heavy atom. The van der Waals surface area contributed by atoms with Crippen molar-refractivity contribution in [3.63, 3.8) is 0 Å². The molecular weight excluding hydrogens is 377 g/mol. The minimum Gasteiger partial charge on any atom is -0.391 e. The summed E-state index contributed by atoms with van der Waals surface area (Å²) in [6.45, 7) is 0.604. The van der Waals surface area contributed by atoms with Crippen molar-refractivity contribution >= 4 is 37.8 Å². The van der Waals surface area contributed by atoms with Gasteiger partial charge in [-0.05, 0) is 30.5 Å². The van der Waals surface area contributed by atoms with E-state index in [0.717, 1.165) is 46.6 Å². The van der Waals surface area contributed by atoms with E-state index in [1.165, 1.54) is 12.3 Å². The van der Waals surface area contributed by atoms with Crippen LogP contribution in [0.2, 0.25) is 0 Å². The largest absolute Gasteiger partial charge is 0.391 e. The maximum absolute atomic E-state index is 13.3. The lowest BCUT2D eigenvalue weighted by molar-refractivity contribution is 0.116. The van der Waals surface area contributed by atoms with Crippen molar-refractivity contribution < 1.29 is 9.50 Å². The maximum Gasteiger partial charge on any atom is 0.184 e. The quantitative estimate of drug-likeness (QED) is 0.545. The van der Waals surface area contributed by atoms with Crippen LogP contribution in [-0.4, -0.2) is 36.8 Å². The summed E-state index contributed by atoms with van der Waals surface area (Å²) in [7, 11) is 0. The number of hydrogen-bond acceptors (Lipinski definition) is 6. The molecule has 0 amide bonds. The molecule has 8 heteroatoms. The van der Waals surface area contributed by atoms with Gasteiger partial charge in [-0.15, -0.1) is 0 Å². The lowest BCUT2D eigenvalue weighted by atomic mass is 9.93. The number of aliphatic hydroxyl groups is 1. The molecule has 144 valence electrons. The highest BCUT2D eigenvalue weighted by Crippen LogP contribution is 2.30. The van der Waals surface area contributed by atoms with E-state index >= 15 is 0 Å². The Morgan fingerprint density at radius 1 is 1.18 bits per heavy atom. The zero-order valence-electron chi connectivity index (χ0n) is 15.2. The third-order valence-electron chi connectivity index (χ3n) is 5.27. The van der Waals surface area contributed by atoms with E-state index in [-0.39, 0.29) is 18.0 Å². The smallest absolute Gasteiger partial charge is 0.184 e. The van der Waals surface area contributed by atoms with Gasteiger partial charge in [-0.3, -0.25) is 0 Å². The number of nitrogens with zero attached hydrogens (tertiary/aromatic N) is 4. The first-order valence-corrected chi connectivity index (χ1v) is 10.3. The van der Waals surface area contributed by atoms with Gasteiger partial charge in [-0.25, -0.2) is 19.3 Å². The first-order valence-electron chi connectivity index (χ1n) is 9.46. The average molecular weight is 397 g/mol. The van der Waals surface area contributed by atoms with Crippen LogP contribution in [0.4, 0.5) is 9.52 Å². The summed E-state index contributed by atoms with van der Waals surface area (Å²) in [6.07, 6.45) is 6.65. The third kappa shape index (κ3) is 3.33. The summed E-state index contributed by atoms with van der Waals surface area (Å²) in [5.41, 5.74) is 3.26. The van der Waals surface area contributed by atoms with Gasteiger partial charge in [-0.1, -0.05) is 30.2 Å². The first kappa shape index (κ1) is 17.5. The van der Waals surface area contributed by atoms with Crippen LogP contribution in [0.15, 0.2) is 36.8 Å². The van der Waals surface area contributed by atoms with Crippen molar-refractivity contribution in [1.29, 1.82) is 0 Å². The molecule has 0 aliphatic heterocycles. The molecule has 6 nitrogen and oxygen atoms in total. The van der Waals surface area contributed by atoms with Gasteiger partial charge in [0.15, 0.2) is 10.8 Å². The van der Waals surface area contributed by atoms with Gasteiger partial charge in [0.25, 0.3) is 0 Å². The van der Waals surface area contributed by atoms with Crippen LogP contribution in [0, 0.1) is 5.82 Å². The number of halogens is 1. The fraction of sp³-hybridized carbons (Fsp3) is 0.350. The van der Waals surface area contributed by atoms with Crippen LogP contribution >= 0.6 is 11.3 Å². The van der Waals surface area contributed by atoms with Crippen molar-refractivity contribution in [2.45, 2.75) is 44.4 Å². The Morgan fingerprint density at radius 3 is 2.96 bits per heavy atom. The zero-order valence-corrected chi connectivity index (χ0v) is 16.0. The Hall–Kier alpha value is -2.58. The average Bonchev–Trinajstić information content (AvgIpc) is 3.26. The van der Waals surface area contributed by atoms with Gasteiger partial charge >= 0.3 is 0 Å². The second kappa shape index (κ2) is 7.10. The van der Waals surface area contributed by atoms with Crippen molar-refractivity contribution in [1.82, 2.24) is 19.5 Å². The number of benzene rings is 1. The second-order valence-electron chi connectivity index (χ2n) is 7.29. The molecule has 2 atom stereocenters. The van der Waals surface area contributed by atoms with Gasteiger partial charge in [0, 0.05) is 6.07 Å². The van der Waals surface area contributed by atoms with Crippen molar-refractivity contribution in [3.8, 4) is 0 Å². The lowest BCUT2D eigenvalue weighted by Gasteiger charge is -2.27. The lowest BCUT2D eigenvalue weighted by Crippen LogP contribution is -2.36. The molecule has 3 aromatic heterocycles. The molecule has 28 heavy (non-hydrogen) atoms. The van der Waals surface area contributed by atoms with Crippen LogP contribution in [0.3, 0.4) is 0 Å². The molecule has 0 radical (unpaired) electrons. The molecule has 1 aliphatic carbocycles. The van der Waals surface area contributed by atoms with Gasteiger partial charge in [0.1, 0.15) is 11.3 Å². The number of aromatic nitrogens is 4. The van der Waals surface area contributed by atoms with Gasteiger partial charge in [-0.2, -0.15) is 0 Å². The van der Waals surface area contributed by atoms with Crippen molar-refractivity contribution in [2.24, 2.45) is 0 Å². The van der Waals surface area contributed by atoms with Crippen LogP contribution in [-0.2, 0) is 6.54 Å². The highest BCUT2D eigenvalue weighted by molar-refractivity contribution is 7.22. The molecule has 3 heterocycles. The molecule has 1 fully saturated rings. The molecule has 0 spiro atoms. The van der Waals surface area contributed by atoms with Crippen LogP contribution < -0.4 is 5.32 Å². The standard InChI is InChI=1S/C20H20FN5OS/c21-13-8-16-19(22-9-13)26(11-23-16)10-12-5-6-15-18(7-12)28-20(25-15)24-14-3-1-2-4-17(14)27/h5-9,11,14,17,27H,1-4,10H2,(H,24,25)/t14-,17-/m0/s1. The van der Waals surface area contributed by atoms with E-state index < -0.39 is 0 Å². The molecule has 0 bridgehead atoms. The Labute approximate surface area is 165 Å². The summed E-state index contributed by atoms with van der Waals surface area (Å²) in [6, 6.07) is 7.64. The Kier molecular flexibility index (Phi) is 4.44. The SMILES string of the molecule is O[C@H]1CCCC[C@@H]1Nc1nc2ccc(Cn3cnc4cc(F)cnc43)cc2s1. The molecular formula is C20H20FN5OS. The topological polar surface area (TPSA) is 75.9 Å². The molecule has 1 saturated carbocycles. The number of rotatable bonds is 4. The molecule has 1 aromatic carbocycles. The van der Waals surface area contributed by atoms with Gasteiger partial charge in [0.2, 0.25) is 0 Å². The van der Waals surface area contributed by atoms with E-state index in [4.69, 9.17) is 0 Å². The summed E-state index contributed by atoms with van der Waals surface area (Å²) in [5.74, 6) is -0.382. The minimum absolute atomic E-state index is 0.0811. The first-order chi connectivity index (χ1) is 13.7. The predicted molar refractivity (Wildman–Crippen MR) is 108 cm³/mol. The number of pyridine rings is 1. The molecule has 1 aliphatic rings. The number of hydrogen-bond donors (Lipinski definition) is 2. The van der Waals surface area contributed by atoms with Crippen LogP contribution in [0.5, 0.6) is 0 Å². The minimum atomic E-state index is -0.382. The monoisotopic (exact) mass is 397 g/mol. The summed E-state index contributed by atoms with van der Waals surface area (Å²) in [5, 5.41) is 14.4. The van der Waals surface area contributed by atoms with Gasteiger partial charge in [0.05, 0.1) is 41.4 Å². The van der Waals surface area contributed by atoms with E-state index in [0.29, 0.717) is 17.7 Å². The number of thiazole rings is 1. The summed E-state index contributed by atoms with van der Waals surface area (Å²) < 4.78 is 16.3. The van der Waals surface area contributed by atoms with Crippen LogP contribution in [0.1, 0.15) is 31.2 Å². The van der Waals surface area contributed by atoms with Crippen molar-refractivity contribution in [2.75, 3.05) is 5.32 Å². The van der Waals surface area contributed by atoms with Gasteiger partial charge < -0.3 is 15.0 Å². The van der Waals surface area contributed by atoms with E-state index in [1.807, 2.05) is 16.7 Å². The van der Waals surface area contributed by atoms with E-state index in [9.17, 15) is 9.50 Å². The number of fused-ring (bicyclic) bond motifs is 2. The fourth-order valence-corrected chi connectivity index (χ4v) is 4.80. The fourth-order valence-electron chi connectivity index (χ4n) is 3.80. The molecule has 0 unspecified atom stereocenters. The third-order valence-corrected chi connectivity index (χ3v) is 6.22. The second-order valence-corrected chi connectivity index (χ2v) is 8.32. The normalized spacial score (nSPS) is 20.1. The maximum atomic E-state index is 13.3. The Bertz CT molecular complexity index is 1140. The number of nitrogens with one attached hydrogen (secondary N) is 1. The highest BCUT2D eigenvalue weighted by Gasteiger charge is 2.23. The molecule has 2 N–H and O–H groups in total. The number of imidazole rings is 1. The number of anilines is 1. The predicted octanol–water partition coefficient (Wildman–Crippen LogP) is 3.94. The number of aliphatic hydroxyl groups excluding tert-OH is 1. The summed E-state index contributed by atoms with van der Waals surface area (Å²) >= 11 is 1.60. The zero-order chi connectivity index (χ0) is 19.1. The Balaban J connectivity index is 1.38. The van der Waals surface area contributed by atoms with E-state index in [1.54, 1.807) is 17.7 Å². The molecule has 0 saturated heterocycles. The van der Waals surface area contributed by atoms with Crippen LogP contribution in [0.25, 0.3) is 21.4 Å². The molecule has 5 rings (SSSR count). The van der Waals surface area contributed by atoms with E-state index in [2.05, 4.69) is 26.3 Å². The highest BCUT2D eigenvalue weighted by atomic mass is 32.1.